The van der Waals surface area contributed by atoms with Crippen LogP contribution in [-0.2, 0) is 38.6 Å². The van der Waals surface area contributed by atoms with E-state index in [0.717, 1.165) is 11.1 Å². The molecule has 0 unspecified atom stereocenters. The normalized spacial score (nSPS) is 16.2. The van der Waals surface area contributed by atoms with Crippen molar-refractivity contribution in [2.75, 3.05) is 7.11 Å². The second kappa shape index (κ2) is 11.2. The largest absolute Gasteiger partial charge is 0.467 e. The molecule has 1 saturated heterocycles. The third-order valence-electron chi connectivity index (χ3n) is 5.98. The molecule has 0 bridgehead atoms. The molecule has 0 saturated carbocycles. The fraction of sp³-hybridized carbons (Fsp3) is 0.308. The summed E-state index contributed by atoms with van der Waals surface area (Å²) >= 11 is 6.07. The average molecular weight is 495 g/mol. The van der Waals surface area contributed by atoms with Crippen LogP contribution in [0.4, 0.5) is 0 Å². The van der Waals surface area contributed by atoms with E-state index in [1.54, 1.807) is 24.5 Å². The Kier molecular flexibility index (Phi) is 7.82. The van der Waals surface area contributed by atoms with Crippen LogP contribution in [0.5, 0.6) is 0 Å². The summed E-state index contributed by atoms with van der Waals surface area (Å²) in [6, 6.07) is 15.5. The second-order valence-corrected chi connectivity index (χ2v) is 8.95. The topological polar surface area (TPSA) is 93.5 Å². The maximum Gasteiger partial charge on any atom is 0.328 e. The van der Waals surface area contributed by atoms with Gasteiger partial charge in [-0.15, -0.1) is 0 Å². The number of benzene rings is 2. The molecule has 2 aromatic carbocycles. The minimum atomic E-state index is -0.920. The van der Waals surface area contributed by atoms with Gasteiger partial charge in [0.2, 0.25) is 11.8 Å². The molecular formula is C26H27ClN4O4. The summed E-state index contributed by atoms with van der Waals surface area (Å²) < 4.78 is 6.84. The summed E-state index contributed by atoms with van der Waals surface area (Å²) in [5, 5.41) is 3.34. The lowest BCUT2D eigenvalue weighted by atomic mass is 10.1. The van der Waals surface area contributed by atoms with Crippen molar-refractivity contribution >= 4 is 29.4 Å². The zero-order valence-electron chi connectivity index (χ0n) is 19.4. The summed E-state index contributed by atoms with van der Waals surface area (Å²) in [6.45, 7) is 0.913. The van der Waals surface area contributed by atoms with Crippen LogP contribution in [0.1, 0.15) is 29.7 Å². The molecule has 1 aromatic heterocycles. The smallest absolute Gasteiger partial charge is 0.328 e. The van der Waals surface area contributed by atoms with Crippen LogP contribution >= 0.6 is 11.6 Å². The quantitative estimate of drug-likeness (QED) is 0.462. The predicted molar refractivity (Wildman–Crippen MR) is 130 cm³/mol. The number of hydrogen-bond donors (Lipinski definition) is 1. The number of imidazole rings is 1. The number of nitrogens with one attached hydrogen (secondary N) is 1. The van der Waals surface area contributed by atoms with Crippen LogP contribution in [0, 0.1) is 0 Å². The molecule has 4 rings (SSSR count). The third-order valence-corrected chi connectivity index (χ3v) is 6.22. The molecule has 1 N–H and O–H groups in total. The molecule has 0 spiro atoms. The van der Waals surface area contributed by atoms with Crippen molar-refractivity contribution in [2.45, 2.75) is 44.4 Å². The molecule has 3 aromatic rings. The molecule has 8 nitrogen and oxygen atoms in total. The molecule has 35 heavy (non-hydrogen) atoms. The highest BCUT2D eigenvalue weighted by Gasteiger charge is 2.37. The highest BCUT2D eigenvalue weighted by atomic mass is 35.5. The molecule has 9 heteroatoms. The number of nitrogens with zero attached hydrogens (tertiary/aromatic N) is 3. The van der Waals surface area contributed by atoms with Crippen molar-refractivity contribution in [3.8, 4) is 0 Å². The van der Waals surface area contributed by atoms with E-state index in [9.17, 15) is 14.4 Å². The van der Waals surface area contributed by atoms with Gasteiger partial charge in [0.1, 0.15) is 12.1 Å². The number of esters is 1. The number of likely N-dealkylation sites (tertiary alicyclic amines) is 1. The van der Waals surface area contributed by atoms with Crippen LogP contribution in [0.2, 0.25) is 5.02 Å². The molecular weight excluding hydrogens is 468 g/mol. The van der Waals surface area contributed by atoms with Gasteiger partial charge >= 0.3 is 5.97 Å². The van der Waals surface area contributed by atoms with Crippen molar-refractivity contribution in [3.63, 3.8) is 0 Å². The first-order chi connectivity index (χ1) is 16.9. The molecule has 0 radical (unpaired) electrons. The Morgan fingerprint density at radius 3 is 2.66 bits per heavy atom. The first kappa shape index (κ1) is 24.5. The molecule has 1 fully saturated rings. The SMILES string of the molecule is COC(=O)[C@H](Cc1cn(Cc2ccccc2)cn1)NC(=O)[C@@H]1CCC(=O)N1Cc1cccc(Cl)c1. The van der Waals surface area contributed by atoms with Gasteiger partial charge in [0, 0.05) is 37.2 Å². The number of carbonyl (C=O) groups is 3. The van der Waals surface area contributed by atoms with E-state index < -0.39 is 24.0 Å². The van der Waals surface area contributed by atoms with Gasteiger partial charge in [0.25, 0.3) is 0 Å². The summed E-state index contributed by atoms with van der Waals surface area (Å²) in [7, 11) is 1.28. The van der Waals surface area contributed by atoms with E-state index >= 15 is 0 Å². The van der Waals surface area contributed by atoms with Crippen molar-refractivity contribution < 1.29 is 19.1 Å². The van der Waals surface area contributed by atoms with Crippen LogP contribution in [0.3, 0.4) is 0 Å². The van der Waals surface area contributed by atoms with E-state index in [2.05, 4.69) is 10.3 Å². The van der Waals surface area contributed by atoms with Gasteiger partial charge in [-0.3, -0.25) is 9.59 Å². The molecule has 1 aliphatic rings. The van der Waals surface area contributed by atoms with E-state index in [4.69, 9.17) is 16.3 Å². The molecule has 0 aliphatic carbocycles. The lowest BCUT2D eigenvalue weighted by Gasteiger charge is -2.26. The highest BCUT2D eigenvalue weighted by Crippen LogP contribution is 2.23. The Balaban J connectivity index is 1.43. The lowest BCUT2D eigenvalue weighted by molar-refractivity contribution is -0.146. The Hall–Kier alpha value is -3.65. The van der Waals surface area contributed by atoms with Gasteiger partial charge in [-0.2, -0.15) is 0 Å². The Morgan fingerprint density at radius 2 is 1.91 bits per heavy atom. The highest BCUT2D eigenvalue weighted by molar-refractivity contribution is 6.30. The summed E-state index contributed by atoms with van der Waals surface area (Å²) in [5.41, 5.74) is 2.61. The van der Waals surface area contributed by atoms with E-state index in [1.165, 1.54) is 12.0 Å². The maximum absolute atomic E-state index is 13.2. The number of amides is 2. The van der Waals surface area contributed by atoms with E-state index in [1.807, 2.05) is 47.2 Å². The van der Waals surface area contributed by atoms with Gasteiger partial charge < -0.3 is 19.5 Å². The molecule has 2 atom stereocenters. The van der Waals surface area contributed by atoms with Gasteiger partial charge in [0.05, 0.1) is 19.1 Å². The van der Waals surface area contributed by atoms with Crippen LogP contribution < -0.4 is 5.32 Å². The zero-order chi connectivity index (χ0) is 24.8. The predicted octanol–water partition coefficient (Wildman–Crippen LogP) is 2.98. The number of hydrogen-bond acceptors (Lipinski definition) is 5. The van der Waals surface area contributed by atoms with Gasteiger partial charge in [-0.25, -0.2) is 9.78 Å². The molecule has 182 valence electrons. The van der Waals surface area contributed by atoms with E-state index in [-0.39, 0.29) is 25.3 Å². The van der Waals surface area contributed by atoms with Crippen molar-refractivity contribution in [2.24, 2.45) is 0 Å². The van der Waals surface area contributed by atoms with Crippen molar-refractivity contribution in [3.05, 3.63) is 89.0 Å². The average Bonchev–Trinajstić information content (AvgIpc) is 3.45. The maximum atomic E-state index is 13.2. The van der Waals surface area contributed by atoms with Crippen LogP contribution in [0.25, 0.3) is 0 Å². The van der Waals surface area contributed by atoms with Crippen molar-refractivity contribution in [1.82, 2.24) is 19.8 Å². The first-order valence-electron chi connectivity index (χ1n) is 11.4. The third kappa shape index (κ3) is 6.27. The fourth-order valence-electron chi connectivity index (χ4n) is 4.24. The van der Waals surface area contributed by atoms with Crippen LogP contribution in [-0.4, -0.2) is 51.4 Å². The van der Waals surface area contributed by atoms with Gasteiger partial charge in [0.15, 0.2) is 0 Å². The van der Waals surface area contributed by atoms with Gasteiger partial charge in [-0.1, -0.05) is 54.1 Å². The second-order valence-electron chi connectivity index (χ2n) is 8.52. The number of carbonyl (C=O) groups excluding carboxylic acids is 3. The Labute approximate surface area is 208 Å². The van der Waals surface area contributed by atoms with Crippen LogP contribution in [0.15, 0.2) is 67.1 Å². The molecule has 1 aliphatic heterocycles. The number of methoxy groups -OCH3 is 1. The Bertz CT molecular complexity index is 1200. The monoisotopic (exact) mass is 494 g/mol. The summed E-state index contributed by atoms with van der Waals surface area (Å²) in [6.07, 6.45) is 4.37. The summed E-state index contributed by atoms with van der Waals surface area (Å²) in [5.74, 6) is -1.07. The number of rotatable bonds is 9. The molecule has 2 amide bonds. The Morgan fingerprint density at radius 1 is 1.14 bits per heavy atom. The molecule has 2 heterocycles. The minimum Gasteiger partial charge on any atom is -0.467 e. The minimum absolute atomic E-state index is 0.112. The number of ether oxygens (including phenoxy) is 1. The lowest BCUT2D eigenvalue weighted by Crippen LogP contribution is -2.51. The summed E-state index contributed by atoms with van der Waals surface area (Å²) in [4.78, 5) is 44.1. The fourth-order valence-corrected chi connectivity index (χ4v) is 4.45. The van der Waals surface area contributed by atoms with Gasteiger partial charge in [-0.05, 0) is 29.7 Å². The first-order valence-corrected chi connectivity index (χ1v) is 11.8. The standard InChI is InChI=1S/C26H27ClN4O4/c1-35-26(34)22(13-21-16-30(17-28-21)14-18-6-3-2-4-7-18)29-25(33)23-10-11-24(32)31(23)15-19-8-5-9-20(27)12-19/h2-9,12,16-17,22-23H,10-11,13-15H2,1H3,(H,29,33)/t22-,23-/m0/s1. The van der Waals surface area contributed by atoms with Crippen molar-refractivity contribution in [1.29, 1.82) is 0 Å². The van der Waals surface area contributed by atoms with E-state index in [0.29, 0.717) is 23.7 Å². The number of halogens is 1. The zero-order valence-corrected chi connectivity index (χ0v) is 20.1. The number of aromatic nitrogens is 2.